The third kappa shape index (κ3) is 2.83. The molecule has 2 fully saturated rings. The second-order valence-corrected chi connectivity index (χ2v) is 7.22. The van der Waals surface area contributed by atoms with Gasteiger partial charge in [-0.3, -0.25) is 4.79 Å². The van der Waals surface area contributed by atoms with Crippen LogP contribution in [0.4, 0.5) is 5.69 Å². The van der Waals surface area contributed by atoms with Crippen molar-refractivity contribution in [3.05, 3.63) is 42.0 Å². The highest BCUT2D eigenvalue weighted by atomic mass is 35.5. The van der Waals surface area contributed by atoms with Gasteiger partial charge in [-0.25, -0.2) is 0 Å². The maximum atomic E-state index is 11.6. The Morgan fingerprint density at radius 1 is 1.16 bits per heavy atom. The predicted molar refractivity (Wildman–Crippen MR) is 99.8 cm³/mol. The Labute approximate surface area is 152 Å². The van der Waals surface area contributed by atoms with Gasteiger partial charge in [0.25, 0.3) is 0 Å². The Kier molecular flexibility index (Phi) is 4.27. The first-order valence-corrected chi connectivity index (χ1v) is 9.30. The molecule has 2 aromatic rings. The number of nitrogens with zero attached hydrogens (tertiary/aromatic N) is 2. The molecule has 1 N–H and O–H groups in total. The molecule has 2 aliphatic heterocycles. The van der Waals surface area contributed by atoms with Crippen LogP contribution < -0.4 is 10.2 Å². The number of carbonyl (C=O) groups excluding carboxylic acids is 1. The monoisotopic (exact) mass is 353 g/mol. The zero-order chi connectivity index (χ0) is 17.4. The summed E-state index contributed by atoms with van der Waals surface area (Å²) in [5.74, 6) is -0.0566. The first-order chi connectivity index (χ1) is 12.2. The Morgan fingerprint density at radius 3 is 2.48 bits per heavy atom. The Hall–Kier alpha value is -2.25. The minimum Gasteiger partial charge on any atom is -0.365 e. The van der Waals surface area contributed by atoms with Gasteiger partial charge in [-0.05, 0) is 37.8 Å². The molecule has 2 aromatic carbocycles. The van der Waals surface area contributed by atoms with Gasteiger partial charge in [-0.15, -0.1) is 11.6 Å². The number of anilines is 1. The number of hydrogen-bond donors (Lipinski definition) is 1. The summed E-state index contributed by atoms with van der Waals surface area (Å²) in [6.07, 6.45) is 4.19. The average molecular weight is 354 g/mol. The van der Waals surface area contributed by atoms with E-state index in [1.54, 1.807) is 0 Å². The van der Waals surface area contributed by atoms with E-state index in [-0.39, 0.29) is 17.8 Å². The number of piperidine rings is 1. The number of nitrogens with one attached hydrogen (secondary N) is 1. The molecule has 2 aliphatic rings. The number of amides is 1. The predicted octanol–water partition coefficient (Wildman–Crippen LogP) is 3.57. The summed E-state index contributed by atoms with van der Waals surface area (Å²) in [5, 5.41) is 14.6. The van der Waals surface area contributed by atoms with E-state index >= 15 is 0 Å². The quantitative estimate of drug-likeness (QED) is 0.858. The second-order valence-electron chi connectivity index (χ2n) is 6.95. The molecule has 5 heteroatoms. The van der Waals surface area contributed by atoms with Gasteiger partial charge in [0.15, 0.2) is 0 Å². The van der Waals surface area contributed by atoms with Gasteiger partial charge in [0.05, 0.1) is 11.6 Å². The number of hydrogen-bond acceptors (Lipinski definition) is 3. The summed E-state index contributed by atoms with van der Waals surface area (Å²) in [4.78, 5) is 14.1. The summed E-state index contributed by atoms with van der Waals surface area (Å²) >= 11 is 5.63. The van der Waals surface area contributed by atoms with E-state index in [2.05, 4.69) is 28.4 Å². The highest BCUT2D eigenvalue weighted by Gasteiger charge is 2.41. The van der Waals surface area contributed by atoms with Crippen LogP contribution in [0.15, 0.2) is 36.4 Å². The van der Waals surface area contributed by atoms with Crippen LogP contribution in [0.2, 0.25) is 0 Å². The topological polar surface area (TPSA) is 56.1 Å². The smallest absolute Gasteiger partial charge is 0.235 e. The van der Waals surface area contributed by atoms with Gasteiger partial charge in [0.2, 0.25) is 5.91 Å². The molecule has 4 nitrogen and oxygen atoms in total. The first kappa shape index (κ1) is 16.2. The highest BCUT2D eigenvalue weighted by molar-refractivity contribution is 6.27. The third-order valence-corrected chi connectivity index (χ3v) is 5.76. The van der Waals surface area contributed by atoms with Gasteiger partial charge in [-0.2, -0.15) is 5.26 Å². The van der Waals surface area contributed by atoms with E-state index in [4.69, 9.17) is 11.6 Å². The van der Waals surface area contributed by atoms with Crippen molar-refractivity contribution in [3.8, 4) is 6.07 Å². The molecule has 2 bridgehead atoms. The molecule has 2 atom stereocenters. The largest absolute Gasteiger partial charge is 0.365 e. The van der Waals surface area contributed by atoms with E-state index < -0.39 is 0 Å². The molecule has 0 spiro atoms. The molecular weight excluding hydrogens is 334 g/mol. The molecule has 25 heavy (non-hydrogen) atoms. The lowest BCUT2D eigenvalue weighted by Gasteiger charge is -2.41. The molecular formula is C20H20ClN3O. The van der Waals surface area contributed by atoms with Crippen LogP contribution in [0, 0.1) is 11.3 Å². The fraction of sp³-hybridized carbons (Fsp3) is 0.400. The number of nitriles is 1. The molecule has 2 saturated heterocycles. The molecule has 0 aromatic heterocycles. The zero-order valence-corrected chi connectivity index (χ0v) is 14.7. The van der Waals surface area contributed by atoms with Crippen molar-refractivity contribution in [1.29, 1.82) is 5.26 Å². The number of benzene rings is 2. The van der Waals surface area contributed by atoms with Crippen LogP contribution in [-0.4, -0.2) is 29.9 Å². The number of alkyl halides is 1. The summed E-state index contributed by atoms with van der Waals surface area (Å²) in [6.45, 7) is 0. The van der Waals surface area contributed by atoms with E-state index in [1.807, 2.05) is 24.3 Å². The van der Waals surface area contributed by atoms with Crippen LogP contribution >= 0.6 is 11.6 Å². The number of fused-ring (bicyclic) bond motifs is 3. The highest BCUT2D eigenvalue weighted by Crippen LogP contribution is 2.42. The van der Waals surface area contributed by atoms with Crippen LogP contribution in [0.1, 0.15) is 31.2 Å². The van der Waals surface area contributed by atoms with Gasteiger partial charge in [-0.1, -0.05) is 24.3 Å². The van der Waals surface area contributed by atoms with Crippen molar-refractivity contribution in [1.82, 2.24) is 5.32 Å². The summed E-state index contributed by atoms with van der Waals surface area (Å²) in [6, 6.07) is 15.5. The van der Waals surface area contributed by atoms with Crippen LogP contribution in [0.25, 0.3) is 10.8 Å². The minimum atomic E-state index is -0.0802. The number of rotatable bonds is 3. The van der Waals surface area contributed by atoms with Crippen molar-refractivity contribution in [2.45, 2.75) is 43.8 Å². The summed E-state index contributed by atoms with van der Waals surface area (Å²) in [7, 11) is 0. The van der Waals surface area contributed by atoms with Gasteiger partial charge < -0.3 is 10.2 Å². The average Bonchev–Trinajstić information content (AvgIpc) is 2.90. The van der Waals surface area contributed by atoms with Crippen LogP contribution in [0.3, 0.4) is 0 Å². The van der Waals surface area contributed by atoms with E-state index in [1.165, 1.54) is 5.69 Å². The minimum absolute atomic E-state index is 0.0236. The lowest BCUT2D eigenvalue weighted by molar-refractivity contribution is -0.119. The molecule has 2 heterocycles. The molecule has 0 radical (unpaired) electrons. The summed E-state index contributed by atoms with van der Waals surface area (Å²) in [5.41, 5.74) is 1.93. The van der Waals surface area contributed by atoms with Crippen molar-refractivity contribution in [2.75, 3.05) is 10.8 Å². The van der Waals surface area contributed by atoms with E-state index in [0.717, 1.165) is 42.0 Å². The fourth-order valence-corrected chi connectivity index (χ4v) is 4.64. The fourth-order valence-electron chi connectivity index (χ4n) is 4.56. The standard InChI is InChI=1S/C20H20ClN3O/c21-11-20(25)23-14-9-15-6-7-16(10-14)24(15)19-8-5-13(12-22)17-3-1-2-4-18(17)19/h1-5,8,14-16H,6-7,9-11H2,(H,23,25). The molecule has 2 unspecified atom stereocenters. The molecule has 1 amide bonds. The third-order valence-electron chi connectivity index (χ3n) is 5.52. The van der Waals surface area contributed by atoms with Crippen molar-refractivity contribution >= 4 is 34.0 Å². The Balaban J connectivity index is 1.67. The molecule has 0 saturated carbocycles. The first-order valence-electron chi connectivity index (χ1n) is 8.76. The maximum absolute atomic E-state index is 11.6. The maximum Gasteiger partial charge on any atom is 0.235 e. The van der Waals surface area contributed by atoms with E-state index in [0.29, 0.717) is 12.1 Å². The normalized spacial score (nSPS) is 25.0. The number of halogens is 1. The molecule has 0 aliphatic carbocycles. The van der Waals surface area contributed by atoms with Crippen LogP contribution in [-0.2, 0) is 4.79 Å². The lowest BCUT2D eigenvalue weighted by Crippen LogP contribution is -2.50. The van der Waals surface area contributed by atoms with Gasteiger partial charge in [0.1, 0.15) is 5.88 Å². The van der Waals surface area contributed by atoms with Crippen molar-refractivity contribution in [2.24, 2.45) is 0 Å². The van der Waals surface area contributed by atoms with E-state index in [9.17, 15) is 10.1 Å². The molecule has 4 rings (SSSR count). The Bertz CT molecular complexity index is 846. The second kappa shape index (κ2) is 6.57. The molecule has 128 valence electrons. The SMILES string of the molecule is N#Cc1ccc(N2C3CCC2CC(NC(=O)CCl)C3)c2ccccc12. The van der Waals surface area contributed by atoms with Crippen LogP contribution in [0.5, 0.6) is 0 Å². The Morgan fingerprint density at radius 2 is 1.84 bits per heavy atom. The lowest BCUT2D eigenvalue weighted by atomic mass is 9.94. The van der Waals surface area contributed by atoms with Gasteiger partial charge >= 0.3 is 0 Å². The van der Waals surface area contributed by atoms with Crippen molar-refractivity contribution in [3.63, 3.8) is 0 Å². The summed E-state index contributed by atoms with van der Waals surface area (Å²) < 4.78 is 0. The zero-order valence-electron chi connectivity index (χ0n) is 13.9. The van der Waals surface area contributed by atoms with Gasteiger partial charge in [0, 0.05) is 34.6 Å². The van der Waals surface area contributed by atoms with Crippen molar-refractivity contribution < 1.29 is 4.79 Å². The number of carbonyl (C=O) groups is 1.